The van der Waals surface area contributed by atoms with Crippen molar-refractivity contribution in [3.05, 3.63) is 58.9 Å². The third kappa shape index (κ3) is 3.45. The molecular formula is C14H14ClNO2. The molecule has 4 heteroatoms. The molecule has 2 aromatic rings. The van der Waals surface area contributed by atoms with Gasteiger partial charge in [0.2, 0.25) is 0 Å². The van der Waals surface area contributed by atoms with Crippen molar-refractivity contribution in [1.29, 1.82) is 0 Å². The number of hydrogen-bond acceptors (Lipinski definition) is 3. The van der Waals surface area contributed by atoms with Crippen LogP contribution in [-0.4, -0.2) is 16.7 Å². The van der Waals surface area contributed by atoms with Crippen LogP contribution in [0.4, 0.5) is 0 Å². The largest absolute Gasteiger partial charge is 0.493 e. The highest BCUT2D eigenvalue weighted by atomic mass is 35.5. The quantitative estimate of drug-likeness (QED) is 0.902. The topological polar surface area (TPSA) is 42.4 Å². The molecular weight excluding hydrogens is 250 g/mol. The van der Waals surface area contributed by atoms with Gasteiger partial charge in [0.1, 0.15) is 5.75 Å². The molecule has 0 amide bonds. The highest BCUT2D eigenvalue weighted by molar-refractivity contribution is 6.30. The number of aliphatic hydroxyl groups is 1. The molecule has 0 bridgehead atoms. The van der Waals surface area contributed by atoms with Crippen molar-refractivity contribution in [2.45, 2.75) is 13.0 Å². The summed E-state index contributed by atoms with van der Waals surface area (Å²) in [6.45, 7) is 0.436. The number of aliphatic hydroxyl groups excluding tert-OH is 1. The van der Waals surface area contributed by atoms with Crippen molar-refractivity contribution >= 4 is 11.6 Å². The minimum Gasteiger partial charge on any atom is -0.493 e. The summed E-state index contributed by atoms with van der Waals surface area (Å²) in [5.41, 5.74) is 1.68. The molecule has 0 aliphatic carbocycles. The number of halogens is 1. The van der Waals surface area contributed by atoms with Crippen LogP contribution < -0.4 is 4.74 Å². The van der Waals surface area contributed by atoms with Crippen LogP contribution in [0.1, 0.15) is 11.3 Å². The van der Waals surface area contributed by atoms with Crippen molar-refractivity contribution in [3.8, 4) is 5.75 Å². The Balaban J connectivity index is 1.94. The van der Waals surface area contributed by atoms with Gasteiger partial charge in [0.25, 0.3) is 0 Å². The van der Waals surface area contributed by atoms with Gasteiger partial charge < -0.3 is 9.84 Å². The molecule has 18 heavy (non-hydrogen) atoms. The minimum absolute atomic E-state index is 0.0838. The van der Waals surface area contributed by atoms with Crippen LogP contribution in [0.25, 0.3) is 0 Å². The van der Waals surface area contributed by atoms with Crippen molar-refractivity contribution < 1.29 is 9.84 Å². The van der Waals surface area contributed by atoms with Gasteiger partial charge in [-0.3, -0.25) is 4.98 Å². The van der Waals surface area contributed by atoms with E-state index in [1.165, 1.54) is 0 Å². The maximum atomic E-state index is 9.21. The molecule has 0 fully saturated rings. The summed E-state index contributed by atoms with van der Waals surface area (Å²) < 4.78 is 5.63. The fourth-order valence-electron chi connectivity index (χ4n) is 1.62. The number of aromatic nitrogens is 1. The summed E-state index contributed by atoms with van der Waals surface area (Å²) in [4.78, 5) is 4.22. The highest BCUT2D eigenvalue weighted by Gasteiger charge is 2.04. The number of rotatable bonds is 5. The average Bonchev–Trinajstić information content (AvgIpc) is 2.41. The van der Waals surface area contributed by atoms with Gasteiger partial charge in [-0.25, -0.2) is 0 Å². The van der Waals surface area contributed by atoms with E-state index in [2.05, 4.69) is 4.98 Å². The van der Waals surface area contributed by atoms with Crippen molar-refractivity contribution in [2.75, 3.05) is 6.61 Å². The van der Waals surface area contributed by atoms with Crippen LogP contribution in [0.3, 0.4) is 0 Å². The molecule has 0 radical (unpaired) electrons. The lowest BCUT2D eigenvalue weighted by atomic mass is 10.2. The summed E-state index contributed by atoms with van der Waals surface area (Å²) in [6, 6.07) is 11.0. The molecule has 1 N–H and O–H groups in total. The number of benzene rings is 1. The minimum atomic E-state index is -0.0838. The molecule has 3 nitrogen and oxygen atoms in total. The van der Waals surface area contributed by atoms with Crippen LogP contribution >= 0.6 is 11.6 Å². The van der Waals surface area contributed by atoms with Crippen molar-refractivity contribution in [2.24, 2.45) is 0 Å². The summed E-state index contributed by atoms with van der Waals surface area (Å²) in [6.07, 6.45) is 2.49. The summed E-state index contributed by atoms with van der Waals surface area (Å²) in [7, 11) is 0. The standard InChI is InChI=1S/C14H14ClNO2/c15-12-4-5-14(11(9-12)10-17)18-8-6-13-3-1-2-7-16-13/h1-5,7,9,17H,6,8,10H2. The van der Waals surface area contributed by atoms with Gasteiger partial charge in [0.05, 0.1) is 13.2 Å². The van der Waals surface area contributed by atoms with E-state index in [1.54, 1.807) is 24.4 Å². The Bertz CT molecular complexity index is 502. The predicted octanol–water partition coefficient (Wildman–Crippen LogP) is 2.85. The Hall–Kier alpha value is -1.58. The molecule has 1 heterocycles. The molecule has 0 atom stereocenters. The molecule has 2 rings (SSSR count). The van der Waals surface area contributed by atoms with Crippen molar-refractivity contribution in [3.63, 3.8) is 0 Å². The summed E-state index contributed by atoms with van der Waals surface area (Å²) in [5, 5.41) is 9.80. The zero-order valence-electron chi connectivity index (χ0n) is 9.84. The maximum absolute atomic E-state index is 9.21. The molecule has 0 saturated heterocycles. The van der Waals surface area contributed by atoms with Crippen LogP contribution in [0.5, 0.6) is 5.75 Å². The van der Waals surface area contributed by atoms with Gasteiger partial charge in [-0.05, 0) is 30.3 Å². The van der Waals surface area contributed by atoms with Crippen LogP contribution in [-0.2, 0) is 13.0 Å². The predicted molar refractivity (Wildman–Crippen MR) is 70.8 cm³/mol. The lowest BCUT2D eigenvalue weighted by Gasteiger charge is -2.10. The number of nitrogens with zero attached hydrogens (tertiary/aromatic N) is 1. The van der Waals surface area contributed by atoms with E-state index in [1.807, 2.05) is 18.2 Å². The van der Waals surface area contributed by atoms with E-state index >= 15 is 0 Å². The number of ether oxygens (including phenoxy) is 1. The van der Waals surface area contributed by atoms with Crippen LogP contribution in [0.2, 0.25) is 5.02 Å². The van der Waals surface area contributed by atoms with E-state index in [9.17, 15) is 5.11 Å². The van der Waals surface area contributed by atoms with E-state index in [0.717, 1.165) is 12.1 Å². The van der Waals surface area contributed by atoms with Gasteiger partial charge in [-0.2, -0.15) is 0 Å². The molecule has 94 valence electrons. The third-order valence-electron chi connectivity index (χ3n) is 2.53. The Kier molecular flexibility index (Phi) is 4.56. The molecule has 1 aromatic carbocycles. The number of hydrogen-bond donors (Lipinski definition) is 1. The second kappa shape index (κ2) is 6.38. The third-order valence-corrected chi connectivity index (χ3v) is 2.77. The fraction of sp³-hybridized carbons (Fsp3) is 0.214. The maximum Gasteiger partial charge on any atom is 0.124 e. The first-order chi connectivity index (χ1) is 8.79. The SMILES string of the molecule is OCc1cc(Cl)ccc1OCCc1ccccn1. The smallest absolute Gasteiger partial charge is 0.124 e. The van der Waals surface area contributed by atoms with Crippen LogP contribution in [0, 0.1) is 0 Å². The molecule has 0 saturated carbocycles. The van der Waals surface area contributed by atoms with Crippen LogP contribution in [0.15, 0.2) is 42.6 Å². The van der Waals surface area contributed by atoms with Gasteiger partial charge in [0, 0.05) is 28.9 Å². The lowest BCUT2D eigenvalue weighted by molar-refractivity contribution is 0.263. The first-order valence-electron chi connectivity index (χ1n) is 5.71. The van der Waals surface area contributed by atoms with E-state index in [-0.39, 0.29) is 6.61 Å². The summed E-state index contributed by atoms with van der Waals surface area (Å²) >= 11 is 5.85. The first-order valence-corrected chi connectivity index (χ1v) is 6.09. The molecule has 1 aromatic heterocycles. The molecule has 0 unspecified atom stereocenters. The zero-order valence-corrected chi connectivity index (χ0v) is 10.6. The average molecular weight is 264 g/mol. The second-order valence-electron chi connectivity index (χ2n) is 3.83. The first kappa shape index (κ1) is 12.9. The molecule has 0 spiro atoms. The van der Waals surface area contributed by atoms with E-state index < -0.39 is 0 Å². The normalized spacial score (nSPS) is 10.3. The van der Waals surface area contributed by atoms with Gasteiger partial charge in [-0.1, -0.05) is 17.7 Å². The zero-order chi connectivity index (χ0) is 12.8. The molecule has 0 aliphatic heterocycles. The number of pyridine rings is 1. The Morgan fingerprint density at radius 1 is 1.22 bits per heavy atom. The fourth-order valence-corrected chi connectivity index (χ4v) is 1.82. The highest BCUT2D eigenvalue weighted by Crippen LogP contribution is 2.22. The second-order valence-corrected chi connectivity index (χ2v) is 4.27. The molecule has 0 aliphatic rings. The Morgan fingerprint density at radius 2 is 2.11 bits per heavy atom. The summed E-state index contributed by atoms with van der Waals surface area (Å²) in [5.74, 6) is 0.665. The van der Waals surface area contributed by atoms with E-state index in [4.69, 9.17) is 16.3 Å². The lowest BCUT2D eigenvalue weighted by Crippen LogP contribution is -2.04. The Morgan fingerprint density at radius 3 is 2.83 bits per heavy atom. The Labute approximate surface area is 111 Å². The monoisotopic (exact) mass is 263 g/mol. The van der Waals surface area contributed by atoms with E-state index in [0.29, 0.717) is 22.9 Å². The van der Waals surface area contributed by atoms with Crippen molar-refractivity contribution in [1.82, 2.24) is 4.98 Å². The van der Waals surface area contributed by atoms with Gasteiger partial charge in [-0.15, -0.1) is 0 Å². The van der Waals surface area contributed by atoms with Gasteiger partial charge >= 0.3 is 0 Å². The van der Waals surface area contributed by atoms with Gasteiger partial charge in [0.15, 0.2) is 0 Å².